The molecule has 0 saturated heterocycles. The van der Waals surface area contributed by atoms with E-state index < -0.39 is 0 Å². The van der Waals surface area contributed by atoms with E-state index in [0.29, 0.717) is 0 Å². The van der Waals surface area contributed by atoms with E-state index in [-0.39, 0.29) is 0 Å². The molecule has 0 heteroatoms. The summed E-state index contributed by atoms with van der Waals surface area (Å²) in [6.45, 7) is 14.5. The normalized spacial score (nSPS) is 29.5. The molecular weight excluding hydrogens is 228 g/mol. The van der Waals surface area contributed by atoms with Gasteiger partial charge >= 0.3 is 0 Å². The highest BCUT2D eigenvalue weighted by molar-refractivity contribution is 4.98. The van der Waals surface area contributed by atoms with Gasteiger partial charge in [0.1, 0.15) is 0 Å². The van der Waals surface area contributed by atoms with Crippen molar-refractivity contribution < 1.29 is 0 Å². The fraction of sp³-hybridized carbons (Fsp3) is 1.00. The Morgan fingerprint density at radius 3 is 2.05 bits per heavy atom. The van der Waals surface area contributed by atoms with Crippen molar-refractivity contribution in [3.63, 3.8) is 0 Å². The molecule has 0 aromatic rings. The number of hydrogen-bond acceptors (Lipinski definition) is 0. The molecule has 1 aliphatic carbocycles. The van der Waals surface area contributed by atoms with E-state index in [0.717, 1.165) is 35.5 Å². The van der Waals surface area contributed by atoms with Gasteiger partial charge in [-0.25, -0.2) is 0 Å². The zero-order chi connectivity index (χ0) is 14.4. The first kappa shape index (κ1) is 17.1. The van der Waals surface area contributed by atoms with Crippen LogP contribution in [0.15, 0.2) is 0 Å². The molecule has 5 unspecified atom stereocenters. The number of unbranched alkanes of at least 4 members (excludes halogenated alkanes) is 1. The van der Waals surface area contributed by atoms with Gasteiger partial charge in [-0.1, -0.05) is 67.2 Å². The van der Waals surface area contributed by atoms with Crippen molar-refractivity contribution in [3.05, 3.63) is 0 Å². The summed E-state index contributed by atoms with van der Waals surface area (Å²) < 4.78 is 0. The molecule has 1 aliphatic rings. The van der Waals surface area contributed by atoms with E-state index in [2.05, 4.69) is 41.5 Å². The first-order valence-electron chi connectivity index (χ1n) is 9.01. The molecule has 0 bridgehead atoms. The average molecular weight is 267 g/mol. The second-order valence-electron chi connectivity index (χ2n) is 7.76. The summed E-state index contributed by atoms with van der Waals surface area (Å²) in [4.78, 5) is 0. The van der Waals surface area contributed by atoms with Crippen molar-refractivity contribution in [1.82, 2.24) is 0 Å². The molecule has 114 valence electrons. The molecule has 0 N–H and O–H groups in total. The SMILES string of the molecule is CCCCC1C(CC(C)CC(C)CCC)C1C(C)C. The summed E-state index contributed by atoms with van der Waals surface area (Å²) in [6, 6.07) is 0. The summed E-state index contributed by atoms with van der Waals surface area (Å²) in [5.41, 5.74) is 0. The van der Waals surface area contributed by atoms with Gasteiger partial charge < -0.3 is 0 Å². The fourth-order valence-electron chi connectivity index (χ4n) is 4.50. The van der Waals surface area contributed by atoms with E-state index in [1.807, 2.05) is 0 Å². The first-order valence-corrected chi connectivity index (χ1v) is 9.01. The minimum absolute atomic E-state index is 0.909. The highest BCUT2D eigenvalue weighted by Crippen LogP contribution is 2.56. The lowest BCUT2D eigenvalue weighted by atomic mass is 9.89. The molecule has 1 rings (SSSR count). The Labute approximate surface area is 122 Å². The topological polar surface area (TPSA) is 0 Å². The fourth-order valence-corrected chi connectivity index (χ4v) is 4.50. The molecule has 5 atom stereocenters. The van der Waals surface area contributed by atoms with Crippen LogP contribution in [0.1, 0.15) is 86.5 Å². The van der Waals surface area contributed by atoms with Gasteiger partial charge in [-0.2, -0.15) is 0 Å². The van der Waals surface area contributed by atoms with Crippen molar-refractivity contribution in [2.24, 2.45) is 35.5 Å². The molecule has 0 aliphatic heterocycles. The molecule has 1 fully saturated rings. The summed E-state index contributed by atoms with van der Waals surface area (Å²) in [7, 11) is 0. The number of rotatable bonds is 10. The predicted molar refractivity (Wildman–Crippen MR) is 87.3 cm³/mol. The molecule has 0 aromatic carbocycles. The highest BCUT2D eigenvalue weighted by atomic mass is 14.5. The van der Waals surface area contributed by atoms with Crippen LogP contribution in [-0.2, 0) is 0 Å². The molecule has 1 saturated carbocycles. The van der Waals surface area contributed by atoms with Gasteiger partial charge in [0, 0.05) is 0 Å². The zero-order valence-corrected chi connectivity index (χ0v) is 14.4. The molecular formula is C19H38. The van der Waals surface area contributed by atoms with Gasteiger partial charge in [-0.15, -0.1) is 0 Å². The van der Waals surface area contributed by atoms with Crippen molar-refractivity contribution in [1.29, 1.82) is 0 Å². The smallest absolute Gasteiger partial charge is 0.0329 e. The quantitative estimate of drug-likeness (QED) is 0.421. The Hall–Kier alpha value is 0. The van der Waals surface area contributed by atoms with Gasteiger partial charge in [-0.3, -0.25) is 0 Å². The van der Waals surface area contributed by atoms with Crippen LogP contribution in [0, 0.1) is 35.5 Å². The van der Waals surface area contributed by atoms with Crippen LogP contribution in [0.25, 0.3) is 0 Å². The molecule has 0 nitrogen and oxygen atoms in total. The van der Waals surface area contributed by atoms with E-state index in [4.69, 9.17) is 0 Å². The summed E-state index contributed by atoms with van der Waals surface area (Å²) in [5.74, 6) is 5.98. The summed E-state index contributed by atoms with van der Waals surface area (Å²) in [6.07, 6.45) is 10.1. The lowest BCUT2D eigenvalue weighted by Gasteiger charge is -2.17. The van der Waals surface area contributed by atoms with Crippen molar-refractivity contribution in [2.45, 2.75) is 86.5 Å². The maximum Gasteiger partial charge on any atom is -0.0329 e. The molecule has 0 radical (unpaired) electrons. The van der Waals surface area contributed by atoms with Gasteiger partial charge in [0.2, 0.25) is 0 Å². The van der Waals surface area contributed by atoms with E-state index in [1.165, 1.54) is 44.9 Å². The standard InChI is InChI=1S/C19H38/c1-7-9-11-17-18(19(17)14(3)4)13-16(6)12-15(5)10-8-2/h14-19H,7-13H2,1-6H3. The second-order valence-corrected chi connectivity index (χ2v) is 7.76. The summed E-state index contributed by atoms with van der Waals surface area (Å²) >= 11 is 0. The average Bonchev–Trinajstić information content (AvgIpc) is 2.99. The van der Waals surface area contributed by atoms with E-state index in [1.54, 1.807) is 0 Å². The van der Waals surface area contributed by atoms with E-state index in [9.17, 15) is 0 Å². The number of hydrogen-bond donors (Lipinski definition) is 0. The maximum atomic E-state index is 2.50. The van der Waals surface area contributed by atoms with Gasteiger partial charge in [0.05, 0.1) is 0 Å². The lowest BCUT2D eigenvalue weighted by molar-refractivity contribution is 0.347. The monoisotopic (exact) mass is 266 g/mol. The Kier molecular flexibility index (Phi) is 7.47. The molecule has 0 heterocycles. The van der Waals surface area contributed by atoms with Crippen LogP contribution in [0.2, 0.25) is 0 Å². The first-order chi connectivity index (χ1) is 9.01. The third-order valence-electron chi connectivity index (χ3n) is 5.32. The van der Waals surface area contributed by atoms with Crippen LogP contribution in [0.5, 0.6) is 0 Å². The Morgan fingerprint density at radius 2 is 1.53 bits per heavy atom. The van der Waals surface area contributed by atoms with Gasteiger partial charge in [0.25, 0.3) is 0 Å². The Balaban J connectivity index is 2.33. The third-order valence-corrected chi connectivity index (χ3v) is 5.32. The molecule has 0 aromatic heterocycles. The molecule has 0 spiro atoms. The van der Waals surface area contributed by atoms with Crippen LogP contribution in [0.3, 0.4) is 0 Å². The van der Waals surface area contributed by atoms with Gasteiger partial charge in [0.15, 0.2) is 0 Å². The largest absolute Gasteiger partial charge is 0.0654 e. The van der Waals surface area contributed by atoms with Crippen LogP contribution >= 0.6 is 0 Å². The van der Waals surface area contributed by atoms with Gasteiger partial charge in [-0.05, 0) is 54.8 Å². The second kappa shape index (κ2) is 8.32. The van der Waals surface area contributed by atoms with Crippen LogP contribution < -0.4 is 0 Å². The Morgan fingerprint density at radius 1 is 0.842 bits per heavy atom. The van der Waals surface area contributed by atoms with Crippen LogP contribution in [-0.4, -0.2) is 0 Å². The van der Waals surface area contributed by atoms with Crippen LogP contribution in [0.4, 0.5) is 0 Å². The molecule has 19 heavy (non-hydrogen) atoms. The third kappa shape index (κ3) is 5.48. The summed E-state index contributed by atoms with van der Waals surface area (Å²) in [5, 5.41) is 0. The lowest BCUT2D eigenvalue weighted by Crippen LogP contribution is -2.05. The Bertz CT molecular complexity index is 230. The maximum absolute atomic E-state index is 2.50. The van der Waals surface area contributed by atoms with Crippen molar-refractivity contribution >= 4 is 0 Å². The predicted octanol–water partition coefficient (Wildman–Crippen LogP) is 6.55. The zero-order valence-electron chi connectivity index (χ0n) is 14.4. The highest BCUT2D eigenvalue weighted by Gasteiger charge is 2.50. The minimum atomic E-state index is 0.909. The minimum Gasteiger partial charge on any atom is -0.0654 e. The molecule has 0 amide bonds. The van der Waals surface area contributed by atoms with Crippen molar-refractivity contribution in [3.8, 4) is 0 Å². The van der Waals surface area contributed by atoms with E-state index >= 15 is 0 Å². The van der Waals surface area contributed by atoms with Crippen molar-refractivity contribution in [2.75, 3.05) is 0 Å².